The molecule has 0 amide bonds. The number of halogens is 1. The van der Waals surface area contributed by atoms with Gasteiger partial charge in [0.1, 0.15) is 0 Å². The van der Waals surface area contributed by atoms with E-state index in [0.29, 0.717) is 19.8 Å². The monoisotopic (exact) mass is 366 g/mol. The van der Waals surface area contributed by atoms with Crippen LogP contribution in [0.3, 0.4) is 0 Å². The molecule has 0 aliphatic heterocycles. The number of hydrogen-bond acceptors (Lipinski definition) is 3. The van der Waals surface area contributed by atoms with Gasteiger partial charge in [0.15, 0.2) is 0 Å². The lowest BCUT2D eigenvalue weighted by Gasteiger charge is -2.38. The molecule has 0 aliphatic carbocycles. The van der Waals surface area contributed by atoms with E-state index in [0.717, 1.165) is 11.8 Å². The highest BCUT2D eigenvalue weighted by Crippen LogP contribution is 2.32. The first-order chi connectivity index (χ1) is 10.2. The van der Waals surface area contributed by atoms with Crippen LogP contribution in [0, 0.1) is 5.92 Å². The van der Waals surface area contributed by atoms with Crippen LogP contribution < -0.4 is 0 Å². The Morgan fingerprint density at radius 3 is 1.67 bits per heavy atom. The van der Waals surface area contributed by atoms with Crippen LogP contribution in [0.1, 0.15) is 72.6 Å². The van der Waals surface area contributed by atoms with Gasteiger partial charge in [-0.05, 0) is 27.2 Å². The van der Waals surface area contributed by atoms with Gasteiger partial charge >= 0.3 is 0 Å². The van der Waals surface area contributed by atoms with Crippen LogP contribution in [-0.2, 0) is 14.2 Å². The maximum Gasteiger partial charge on any atom is 0.286 e. The standard InChI is InChI=1S/C17H35BrO3/c1-5-9-10-11-12-13-14-16(15-18)17(19-6-2,20-7-3)21-8-4/h16H,5-15H2,1-4H3. The van der Waals surface area contributed by atoms with Gasteiger partial charge in [0.2, 0.25) is 0 Å². The summed E-state index contributed by atoms with van der Waals surface area (Å²) in [5.74, 6) is -0.658. The van der Waals surface area contributed by atoms with E-state index < -0.39 is 5.97 Å². The first kappa shape index (κ1) is 21.4. The number of ether oxygens (including phenoxy) is 3. The molecule has 0 aromatic heterocycles. The van der Waals surface area contributed by atoms with E-state index in [4.69, 9.17) is 14.2 Å². The number of hydrogen-bond donors (Lipinski definition) is 0. The highest BCUT2D eigenvalue weighted by atomic mass is 79.9. The van der Waals surface area contributed by atoms with Crippen molar-refractivity contribution in [2.75, 3.05) is 25.2 Å². The van der Waals surface area contributed by atoms with E-state index in [-0.39, 0.29) is 5.92 Å². The second kappa shape index (κ2) is 14.0. The second-order valence-electron chi connectivity index (χ2n) is 5.31. The number of alkyl halides is 1. The van der Waals surface area contributed by atoms with Crippen LogP contribution in [0.5, 0.6) is 0 Å². The predicted octanol–water partition coefficient (Wildman–Crippen LogP) is 5.51. The Labute approximate surface area is 140 Å². The highest BCUT2D eigenvalue weighted by Gasteiger charge is 2.41. The quantitative estimate of drug-likeness (QED) is 0.217. The maximum absolute atomic E-state index is 5.88. The highest BCUT2D eigenvalue weighted by molar-refractivity contribution is 9.09. The summed E-state index contributed by atoms with van der Waals surface area (Å²) in [7, 11) is 0. The number of rotatable bonds is 15. The van der Waals surface area contributed by atoms with Gasteiger partial charge in [-0.25, -0.2) is 0 Å². The molecule has 3 nitrogen and oxygen atoms in total. The minimum absolute atomic E-state index is 0.225. The zero-order valence-electron chi connectivity index (χ0n) is 14.5. The molecule has 0 aromatic rings. The molecule has 0 rings (SSSR count). The van der Waals surface area contributed by atoms with Gasteiger partial charge in [-0.15, -0.1) is 0 Å². The van der Waals surface area contributed by atoms with Crippen LogP contribution >= 0.6 is 15.9 Å². The molecular formula is C17H35BrO3. The first-order valence-electron chi connectivity index (χ1n) is 8.68. The van der Waals surface area contributed by atoms with Crippen molar-refractivity contribution in [2.45, 2.75) is 78.6 Å². The van der Waals surface area contributed by atoms with Crippen LogP contribution in [0.15, 0.2) is 0 Å². The van der Waals surface area contributed by atoms with Crippen LogP contribution in [0.25, 0.3) is 0 Å². The zero-order chi connectivity index (χ0) is 16.0. The fourth-order valence-electron chi connectivity index (χ4n) is 2.60. The Bertz CT molecular complexity index is 207. The SMILES string of the molecule is CCCCCCCCC(CBr)C(OCC)(OCC)OCC. The van der Waals surface area contributed by atoms with E-state index in [1.54, 1.807) is 0 Å². The summed E-state index contributed by atoms with van der Waals surface area (Å²) < 4.78 is 17.7. The van der Waals surface area contributed by atoms with Gasteiger partial charge in [-0.1, -0.05) is 61.4 Å². The van der Waals surface area contributed by atoms with Crippen LogP contribution in [-0.4, -0.2) is 31.1 Å². The van der Waals surface area contributed by atoms with Crippen molar-refractivity contribution in [3.63, 3.8) is 0 Å². The molecule has 0 heterocycles. The molecule has 0 saturated carbocycles. The average molecular weight is 367 g/mol. The topological polar surface area (TPSA) is 27.7 Å². The van der Waals surface area contributed by atoms with Crippen molar-refractivity contribution >= 4 is 15.9 Å². The van der Waals surface area contributed by atoms with E-state index >= 15 is 0 Å². The van der Waals surface area contributed by atoms with Gasteiger partial charge in [0, 0.05) is 25.2 Å². The van der Waals surface area contributed by atoms with Gasteiger partial charge in [0.25, 0.3) is 5.97 Å². The average Bonchev–Trinajstić information content (AvgIpc) is 2.47. The predicted molar refractivity (Wildman–Crippen MR) is 92.9 cm³/mol. The Morgan fingerprint density at radius 2 is 1.24 bits per heavy atom. The van der Waals surface area contributed by atoms with Crippen molar-refractivity contribution in [2.24, 2.45) is 5.92 Å². The van der Waals surface area contributed by atoms with E-state index in [9.17, 15) is 0 Å². The zero-order valence-corrected chi connectivity index (χ0v) is 16.0. The summed E-state index contributed by atoms with van der Waals surface area (Å²) in [6.45, 7) is 10.0. The minimum atomic E-state index is -0.884. The largest absolute Gasteiger partial charge is 0.328 e. The van der Waals surface area contributed by atoms with Crippen molar-refractivity contribution in [1.29, 1.82) is 0 Å². The third kappa shape index (κ3) is 8.53. The Balaban J connectivity index is 4.43. The lowest BCUT2D eigenvalue weighted by Crippen LogP contribution is -2.47. The van der Waals surface area contributed by atoms with Crippen LogP contribution in [0.4, 0.5) is 0 Å². The fourth-order valence-corrected chi connectivity index (χ4v) is 3.32. The normalized spacial score (nSPS) is 13.6. The van der Waals surface area contributed by atoms with E-state index in [1.165, 1.54) is 38.5 Å². The molecule has 0 aromatic carbocycles. The van der Waals surface area contributed by atoms with Crippen LogP contribution in [0.2, 0.25) is 0 Å². The third-order valence-electron chi connectivity index (χ3n) is 3.63. The fraction of sp³-hybridized carbons (Fsp3) is 1.00. The summed E-state index contributed by atoms with van der Waals surface area (Å²) >= 11 is 3.62. The molecule has 0 fully saturated rings. The molecule has 0 radical (unpaired) electrons. The Morgan fingerprint density at radius 1 is 0.762 bits per heavy atom. The lowest BCUT2D eigenvalue weighted by molar-refractivity contribution is -0.399. The van der Waals surface area contributed by atoms with Gasteiger partial charge < -0.3 is 14.2 Å². The van der Waals surface area contributed by atoms with E-state index in [1.807, 2.05) is 20.8 Å². The van der Waals surface area contributed by atoms with Gasteiger partial charge in [-0.2, -0.15) is 0 Å². The van der Waals surface area contributed by atoms with Crippen molar-refractivity contribution < 1.29 is 14.2 Å². The van der Waals surface area contributed by atoms with Crippen molar-refractivity contribution in [1.82, 2.24) is 0 Å². The minimum Gasteiger partial charge on any atom is -0.328 e. The molecule has 1 atom stereocenters. The Hall–Kier alpha value is 0.360. The molecule has 4 heteroatoms. The summed E-state index contributed by atoms with van der Waals surface area (Å²) in [5, 5.41) is 0.835. The van der Waals surface area contributed by atoms with E-state index in [2.05, 4.69) is 22.9 Å². The van der Waals surface area contributed by atoms with Crippen molar-refractivity contribution in [3.8, 4) is 0 Å². The molecule has 1 unspecified atom stereocenters. The summed E-state index contributed by atoms with van der Waals surface area (Å²) in [6.07, 6.45) is 8.88. The lowest BCUT2D eigenvalue weighted by atomic mass is 9.99. The smallest absolute Gasteiger partial charge is 0.286 e. The Kier molecular flexibility index (Phi) is 14.2. The molecule has 0 saturated heterocycles. The summed E-state index contributed by atoms with van der Waals surface area (Å²) in [5.41, 5.74) is 0. The third-order valence-corrected chi connectivity index (χ3v) is 4.41. The molecular weight excluding hydrogens is 332 g/mol. The van der Waals surface area contributed by atoms with Gasteiger partial charge in [-0.3, -0.25) is 0 Å². The molecule has 0 aliphatic rings. The molecule has 21 heavy (non-hydrogen) atoms. The first-order valence-corrected chi connectivity index (χ1v) is 9.80. The van der Waals surface area contributed by atoms with Crippen molar-refractivity contribution in [3.05, 3.63) is 0 Å². The maximum atomic E-state index is 5.88. The summed E-state index contributed by atoms with van der Waals surface area (Å²) in [6, 6.07) is 0. The second-order valence-corrected chi connectivity index (χ2v) is 5.96. The summed E-state index contributed by atoms with van der Waals surface area (Å²) in [4.78, 5) is 0. The number of unbranched alkanes of at least 4 members (excludes halogenated alkanes) is 5. The molecule has 0 bridgehead atoms. The molecule has 0 N–H and O–H groups in total. The van der Waals surface area contributed by atoms with Gasteiger partial charge in [0.05, 0.1) is 5.92 Å². The molecule has 0 spiro atoms. The molecule has 128 valence electrons.